The molecule has 1 unspecified atom stereocenters. The van der Waals surface area contributed by atoms with Crippen LogP contribution in [0.25, 0.3) is 0 Å². The van der Waals surface area contributed by atoms with Crippen LogP contribution in [0, 0.1) is 0 Å². The van der Waals surface area contributed by atoms with Crippen LogP contribution in [0.5, 0.6) is 5.75 Å². The number of likely N-dealkylation sites (N-methyl/N-ethyl adjacent to an activating group) is 1. The zero-order valence-corrected chi connectivity index (χ0v) is 13.7. The molecule has 1 atom stereocenters. The lowest BCUT2D eigenvalue weighted by molar-refractivity contribution is 0.414. The summed E-state index contributed by atoms with van der Waals surface area (Å²) in [5.74, 6) is 2.02. The Morgan fingerprint density at radius 3 is 2.52 bits per heavy atom. The van der Waals surface area contributed by atoms with Gasteiger partial charge in [-0.1, -0.05) is 31.2 Å². The maximum atomic E-state index is 5.30. The third-order valence-corrected chi connectivity index (χ3v) is 4.41. The highest BCUT2D eigenvalue weighted by Gasteiger charge is 2.10. The van der Waals surface area contributed by atoms with Crippen LogP contribution in [-0.2, 0) is 6.42 Å². The van der Waals surface area contributed by atoms with Crippen LogP contribution < -0.4 is 10.1 Å². The van der Waals surface area contributed by atoms with Crippen molar-refractivity contribution in [2.45, 2.75) is 24.3 Å². The Morgan fingerprint density at radius 2 is 1.90 bits per heavy atom. The molecule has 0 saturated carbocycles. The molecule has 0 heterocycles. The molecule has 2 nitrogen and oxygen atoms in total. The Balaban J connectivity index is 2.11. The van der Waals surface area contributed by atoms with E-state index >= 15 is 0 Å². The van der Waals surface area contributed by atoms with Gasteiger partial charge in [0.25, 0.3) is 0 Å². The summed E-state index contributed by atoms with van der Waals surface area (Å²) in [4.78, 5) is 1.33. The molecule has 2 rings (SSSR count). The molecule has 0 radical (unpaired) electrons. The minimum atomic E-state index is 0.317. The SMILES string of the molecule is CCSc1ccc(C(Cc2cccc(OC)c2)NC)cc1. The van der Waals surface area contributed by atoms with Crippen molar-refractivity contribution in [2.24, 2.45) is 0 Å². The number of rotatable bonds is 7. The van der Waals surface area contributed by atoms with Gasteiger partial charge < -0.3 is 10.1 Å². The summed E-state index contributed by atoms with van der Waals surface area (Å²) in [7, 11) is 3.72. The molecule has 0 amide bonds. The third kappa shape index (κ3) is 4.51. The second-order valence-corrected chi connectivity index (χ2v) is 6.24. The number of thioether (sulfide) groups is 1. The molecule has 2 aromatic rings. The van der Waals surface area contributed by atoms with Gasteiger partial charge in [-0.15, -0.1) is 11.8 Å². The number of benzene rings is 2. The molecule has 21 heavy (non-hydrogen) atoms. The van der Waals surface area contributed by atoms with E-state index in [0.717, 1.165) is 17.9 Å². The molecule has 0 saturated heterocycles. The van der Waals surface area contributed by atoms with Crippen molar-refractivity contribution in [1.82, 2.24) is 5.32 Å². The summed E-state index contributed by atoms with van der Waals surface area (Å²) in [6.45, 7) is 2.18. The molecular formula is C18H23NOS. The Morgan fingerprint density at radius 1 is 1.14 bits per heavy atom. The van der Waals surface area contributed by atoms with Gasteiger partial charge in [-0.3, -0.25) is 0 Å². The van der Waals surface area contributed by atoms with Crippen molar-refractivity contribution in [3.05, 3.63) is 59.7 Å². The number of nitrogens with one attached hydrogen (secondary N) is 1. The number of methoxy groups -OCH3 is 1. The predicted octanol–water partition coefficient (Wildman–Crippen LogP) is 4.31. The van der Waals surface area contributed by atoms with Crippen LogP contribution in [0.2, 0.25) is 0 Å². The lowest BCUT2D eigenvalue weighted by Gasteiger charge is -2.17. The van der Waals surface area contributed by atoms with Crippen molar-refractivity contribution < 1.29 is 4.74 Å². The van der Waals surface area contributed by atoms with Gasteiger partial charge in [-0.2, -0.15) is 0 Å². The quantitative estimate of drug-likeness (QED) is 0.770. The summed E-state index contributed by atoms with van der Waals surface area (Å²) in [5.41, 5.74) is 2.60. The van der Waals surface area contributed by atoms with E-state index in [1.165, 1.54) is 16.0 Å². The van der Waals surface area contributed by atoms with Gasteiger partial charge in [0.05, 0.1) is 7.11 Å². The van der Waals surface area contributed by atoms with Crippen LogP contribution in [0.1, 0.15) is 24.1 Å². The Bertz CT molecular complexity index is 553. The van der Waals surface area contributed by atoms with E-state index in [1.807, 2.05) is 30.9 Å². The highest BCUT2D eigenvalue weighted by Crippen LogP contribution is 2.24. The fraction of sp³-hybridized carbons (Fsp3) is 0.333. The maximum absolute atomic E-state index is 5.30. The topological polar surface area (TPSA) is 21.3 Å². The van der Waals surface area contributed by atoms with E-state index in [1.54, 1.807) is 7.11 Å². The van der Waals surface area contributed by atoms with Crippen molar-refractivity contribution in [3.8, 4) is 5.75 Å². The van der Waals surface area contributed by atoms with Gasteiger partial charge >= 0.3 is 0 Å². The average Bonchev–Trinajstić information content (AvgIpc) is 2.54. The van der Waals surface area contributed by atoms with Gasteiger partial charge in [-0.05, 0) is 54.6 Å². The molecule has 1 N–H and O–H groups in total. The Labute approximate surface area is 131 Å². The van der Waals surface area contributed by atoms with Crippen molar-refractivity contribution in [3.63, 3.8) is 0 Å². The summed E-state index contributed by atoms with van der Waals surface area (Å²) < 4.78 is 5.30. The minimum Gasteiger partial charge on any atom is -0.497 e. The van der Waals surface area contributed by atoms with E-state index in [4.69, 9.17) is 4.74 Å². The summed E-state index contributed by atoms with van der Waals surface area (Å²) in [5, 5.41) is 3.41. The first kappa shape index (κ1) is 15.9. The highest BCUT2D eigenvalue weighted by atomic mass is 32.2. The summed E-state index contributed by atoms with van der Waals surface area (Å²) in [6.07, 6.45) is 0.952. The second-order valence-electron chi connectivity index (χ2n) is 4.90. The molecule has 0 aliphatic rings. The van der Waals surface area contributed by atoms with E-state index in [2.05, 4.69) is 48.6 Å². The summed E-state index contributed by atoms with van der Waals surface area (Å²) in [6, 6.07) is 17.5. The minimum absolute atomic E-state index is 0.317. The van der Waals surface area contributed by atoms with E-state index in [-0.39, 0.29) is 0 Å². The largest absolute Gasteiger partial charge is 0.497 e. The molecule has 0 fully saturated rings. The number of hydrogen-bond acceptors (Lipinski definition) is 3. The molecule has 2 aromatic carbocycles. The average molecular weight is 301 g/mol. The van der Waals surface area contributed by atoms with Crippen LogP contribution >= 0.6 is 11.8 Å². The first-order valence-corrected chi connectivity index (χ1v) is 8.28. The van der Waals surface area contributed by atoms with Crippen molar-refractivity contribution in [2.75, 3.05) is 19.9 Å². The monoisotopic (exact) mass is 301 g/mol. The Hall–Kier alpha value is -1.45. The molecule has 0 aliphatic carbocycles. The fourth-order valence-corrected chi connectivity index (χ4v) is 3.05. The Kier molecular flexibility index (Phi) is 6.15. The molecule has 0 spiro atoms. The lowest BCUT2D eigenvalue weighted by atomic mass is 9.99. The lowest BCUT2D eigenvalue weighted by Crippen LogP contribution is -2.18. The number of ether oxygens (including phenoxy) is 1. The molecule has 112 valence electrons. The fourth-order valence-electron chi connectivity index (χ4n) is 2.38. The zero-order chi connectivity index (χ0) is 15.1. The van der Waals surface area contributed by atoms with Crippen molar-refractivity contribution in [1.29, 1.82) is 0 Å². The molecule has 0 aromatic heterocycles. The second kappa shape index (κ2) is 8.11. The predicted molar refractivity (Wildman–Crippen MR) is 91.3 cm³/mol. The maximum Gasteiger partial charge on any atom is 0.119 e. The van der Waals surface area contributed by atoms with Crippen LogP contribution in [-0.4, -0.2) is 19.9 Å². The summed E-state index contributed by atoms with van der Waals surface area (Å²) >= 11 is 1.88. The van der Waals surface area contributed by atoms with Gasteiger partial charge in [0.1, 0.15) is 5.75 Å². The normalized spacial score (nSPS) is 12.1. The van der Waals surface area contributed by atoms with Gasteiger partial charge in [-0.25, -0.2) is 0 Å². The first-order chi connectivity index (χ1) is 10.3. The van der Waals surface area contributed by atoms with Crippen molar-refractivity contribution >= 4 is 11.8 Å². The van der Waals surface area contributed by atoms with Gasteiger partial charge in [0, 0.05) is 10.9 Å². The molecular weight excluding hydrogens is 278 g/mol. The smallest absolute Gasteiger partial charge is 0.119 e. The van der Waals surface area contributed by atoms with Crippen LogP contribution in [0.3, 0.4) is 0 Å². The molecule has 0 aliphatic heterocycles. The third-order valence-electron chi connectivity index (χ3n) is 3.52. The van der Waals surface area contributed by atoms with E-state index < -0.39 is 0 Å². The van der Waals surface area contributed by atoms with E-state index in [9.17, 15) is 0 Å². The van der Waals surface area contributed by atoms with E-state index in [0.29, 0.717) is 6.04 Å². The molecule has 0 bridgehead atoms. The number of hydrogen-bond donors (Lipinski definition) is 1. The van der Waals surface area contributed by atoms with Gasteiger partial charge in [0.15, 0.2) is 0 Å². The van der Waals surface area contributed by atoms with Gasteiger partial charge in [0.2, 0.25) is 0 Å². The zero-order valence-electron chi connectivity index (χ0n) is 12.9. The van der Waals surface area contributed by atoms with Crippen LogP contribution in [0.4, 0.5) is 0 Å². The first-order valence-electron chi connectivity index (χ1n) is 7.29. The van der Waals surface area contributed by atoms with Crippen LogP contribution in [0.15, 0.2) is 53.4 Å². The highest BCUT2D eigenvalue weighted by molar-refractivity contribution is 7.99. The molecule has 3 heteroatoms. The standard InChI is InChI=1S/C18H23NOS/c1-4-21-17-10-8-15(9-11-17)18(19-2)13-14-6-5-7-16(12-14)20-3/h5-12,18-19H,4,13H2,1-3H3.